The molecular formula is C13H10BrF2NO. The van der Waals surface area contributed by atoms with E-state index >= 15 is 0 Å². The predicted molar refractivity (Wildman–Crippen MR) is 68.2 cm³/mol. The van der Waals surface area contributed by atoms with Crippen LogP contribution in [0.4, 0.5) is 8.78 Å². The molecule has 1 heterocycles. The van der Waals surface area contributed by atoms with Crippen LogP contribution in [0.15, 0.2) is 22.7 Å². The molecule has 0 bridgehead atoms. The first-order valence-corrected chi connectivity index (χ1v) is 6.04. The molecule has 94 valence electrons. The van der Waals surface area contributed by atoms with Crippen molar-refractivity contribution in [3.05, 3.63) is 51.3 Å². The lowest BCUT2D eigenvalue weighted by atomic mass is 10.2. The van der Waals surface area contributed by atoms with Gasteiger partial charge in [0, 0.05) is 23.0 Å². The van der Waals surface area contributed by atoms with Crippen LogP contribution < -0.4 is 0 Å². The van der Waals surface area contributed by atoms with Gasteiger partial charge in [0.25, 0.3) is 0 Å². The van der Waals surface area contributed by atoms with E-state index in [0.29, 0.717) is 17.0 Å². The molecular weight excluding hydrogens is 304 g/mol. The molecule has 1 aromatic heterocycles. The number of carbonyl (C=O) groups is 1. The van der Waals surface area contributed by atoms with E-state index in [0.717, 1.165) is 12.4 Å². The topological polar surface area (TPSA) is 22.0 Å². The van der Waals surface area contributed by atoms with Gasteiger partial charge in [-0.25, -0.2) is 8.78 Å². The molecule has 0 amide bonds. The monoisotopic (exact) mass is 313 g/mol. The minimum Gasteiger partial charge on any atom is -0.315 e. The molecule has 0 saturated heterocycles. The van der Waals surface area contributed by atoms with Crippen LogP contribution in [0.5, 0.6) is 0 Å². The molecule has 0 atom stereocenters. The highest BCUT2D eigenvalue weighted by Crippen LogP contribution is 2.26. The summed E-state index contributed by atoms with van der Waals surface area (Å²) in [5.41, 5.74) is 2.05. The Labute approximate surface area is 111 Å². The Bertz CT molecular complexity index is 634. The molecule has 0 N–H and O–H groups in total. The molecule has 0 saturated carbocycles. The molecule has 2 nitrogen and oxygen atoms in total. The van der Waals surface area contributed by atoms with Crippen LogP contribution in [0.1, 0.15) is 21.7 Å². The van der Waals surface area contributed by atoms with Crippen molar-refractivity contribution >= 4 is 22.2 Å². The van der Waals surface area contributed by atoms with E-state index in [2.05, 4.69) is 15.9 Å². The van der Waals surface area contributed by atoms with E-state index in [-0.39, 0.29) is 10.2 Å². The third-order valence-corrected chi connectivity index (χ3v) is 3.44. The number of rotatable bonds is 2. The fraction of sp³-hybridized carbons (Fsp3) is 0.154. The van der Waals surface area contributed by atoms with E-state index in [1.54, 1.807) is 24.5 Å². The molecule has 18 heavy (non-hydrogen) atoms. The SMILES string of the molecule is Cc1cc(C=O)c(C)n1-c1cc(Br)c(F)cc1F. The van der Waals surface area contributed by atoms with Gasteiger partial charge in [-0.05, 0) is 41.9 Å². The molecule has 2 rings (SSSR count). The number of aryl methyl sites for hydroxylation is 1. The Kier molecular flexibility index (Phi) is 3.34. The minimum absolute atomic E-state index is 0.180. The molecule has 5 heteroatoms. The summed E-state index contributed by atoms with van der Waals surface area (Å²) >= 11 is 3.03. The Morgan fingerprint density at radius 2 is 1.83 bits per heavy atom. The van der Waals surface area contributed by atoms with Crippen LogP contribution in [0.2, 0.25) is 0 Å². The molecule has 2 aromatic rings. The van der Waals surface area contributed by atoms with Gasteiger partial charge in [0.2, 0.25) is 0 Å². The smallest absolute Gasteiger partial charge is 0.151 e. The fourth-order valence-electron chi connectivity index (χ4n) is 1.96. The van der Waals surface area contributed by atoms with Crippen molar-refractivity contribution in [3.63, 3.8) is 0 Å². The van der Waals surface area contributed by atoms with Crippen LogP contribution in [0.3, 0.4) is 0 Å². The van der Waals surface area contributed by atoms with Crippen molar-refractivity contribution in [1.29, 1.82) is 0 Å². The zero-order valence-electron chi connectivity index (χ0n) is 9.80. The maximum Gasteiger partial charge on any atom is 0.151 e. The van der Waals surface area contributed by atoms with Crippen molar-refractivity contribution in [2.75, 3.05) is 0 Å². The number of hydrogen-bond acceptors (Lipinski definition) is 1. The van der Waals surface area contributed by atoms with Gasteiger partial charge in [0.1, 0.15) is 11.6 Å². The number of carbonyl (C=O) groups excluding carboxylic acids is 1. The summed E-state index contributed by atoms with van der Waals surface area (Å²) in [7, 11) is 0. The number of benzene rings is 1. The Balaban J connectivity index is 2.73. The molecule has 0 radical (unpaired) electrons. The summed E-state index contributed by atoms with van der Waals surface area (Å²) in [5.74, 6) is -1.33. The number of halogens is 3. The third kappa shape index (κ3) is 1.99. The highest BCUT2D eigenvalue weighted by molar-refractivity contribution is 9.10. The molecule has 1 aromatic carbocycles. The zero-order valence-corrected chi connectivity index (χ0v) is 11.4. The van der Waals surface area contributed by atoms with Gasteiger partial charge in [0.05, 0.1) is 10.2 Å². The van der Waals surface area contributed by atoms with Crippen molar-refractivity contribution in [3.8, 4) is 5.69 Å². The van der Waals surface area contributed by atoms with E-state index in [1.807, 2.05) is 0 Å². The second-order valence-corrected chi connectivity index (χ2v) is 4.85. The van der Waals surface area contributed by atoms with Crippen LogP contribution in [0, 0.1) is 25.5 Å². The van der Waals surface area contributed by atoms with E-state index in [9.17, 15) is 13.6 Å². The first kappa shape index (κ1) is 13.0. The summed E-state index contributed by atoms with van der Waals surface area (Å²) in [6.07, 6.45) is 0.718. The van der Waals surface area contributed by atoms with Crippen molar-refractivity contribution in [1.82, 2.24) is 4.57 Å². The lowest BCUT2D eigenvalue weighted by Crippen LogP contribution is -2.03. The van der Waals surface area contributed by atoms with E-state index in [4.69, 9.17) is 0 Å². The number of nitrogens with zero attached hydrogens (tertiary/aromatic N) is 1. The van der Waals surface area contributed by atoms with Crippen molar-refractivity contribution in [2.24, 2.45) is 0 Å². The summed E-state index contributed by atoms with van der Waals surface area (Å²) in [6, 6.07) is 3.84. The largest absolute Gasteiger partial charge is 0.315 e. The summed E-state index contributed by atoms with van der Waals surface area (Å²) in [6.45, 7) is 3.48. The van der Waals surface area contributed by atoms with Crippen molar-refractivity contribution in [2.45, 2.75) is 13.8 Å². The fourth-order valence-corrected chi connectivity index (χ4v) is 2.29. The summed E-state index contributed by atoms with van der Waals surface area (Å²) < 4.78 is 28.8. The van der Waals surface area contributed by atoms with E-state index < -0.39 is 11.6 Å². The highest BCUT2D eigenvalue weighted by atomic mass is 79.9. The molecule has 0 spiro atoms. The molecule has 0 unspecified atom stereocenters. The van der Waals surface area contributed by atoms with Gasteiger partial charge in [-0.3, -0.25) is 4.79 Å². The van der Waals surface area contributed by atoms with Gasteiger partial charge >= 0.3 is 0 Å². The maximum absolute atomic E-state index is 13.8. The van der Waals surface area contributed by atoms with Gasteiger partial charge < -0.3 is 4.57 Å². The Hall–Kier alpha value is -1.49. The van der Waals surface area contributed by atoms with Gasteiger partial charge in [-0.1, -0.05) is 0 Å². The van der Waals surface area contributed by atoms with Crippen molar-refractivity contribution < 1.29 is 13.6 Å². The van der Waals surface area contributed by atoms with Crippen LogP contribution >= 0.6 is 15.9 Å². The second-order valence-electron chi connectivity index (χ2n) is 4.00. The highest BCUT2D eigenvalue weighted by Gasteiger charge is 2.15. The first-order chi connectivity index (χ1) is 8.45. The minimum atomic E-state index is -0.671. The number of hydrogen-bond donors (Lipinski definition) is 0. The number of aldehydes is 1. The van der Waals surface area contributed by atoms with Gasteiger partial charge in [0.15, 0.2) is 6.29 Å². The van der Waals surface area contributed by atoms with Gasteiger partial charge in [-0.2, -0.15) is 0 Å². The standard InChI is InChI=1S/C13H10BrF2NO/c1-7-3-9(6-18)8(2)17(7)13-4-10(14)11(15)5-12(13)16/h3-6H,1-2H3. The van der Waals surface area contributed by atoms with E-state index in [1.165, 1.54) is 6.07 Å². The normalized spacial score (nSPS) is 10.7. The lowest BCUT2D eigenvalue weighted by Gasteiger charge is -2.11. The van der Waals surface area contributed by atoms with Crippen LogP contribution in [0.25, 0.3) is 5.69 Å². The van der Waals surface area contributed by atoms with Crippen LogP contribution in [-0.4, -0.2) is 10.9 Å². The first-order valence-electron chi connectivity index (χ1n) is 5.24. The average molecular weight is 314 g/mol. The molecule has 0 aliphatic rings. The quantitative estimate of drug-likeness (QED) is 0.608. The predicted octanol–water partition coefficient (Wildman–Crippen LogP) is 3.95. The maximum atomic E-state index is 13.8. The zero-order chi connectivity index (χ0) is 13.4. The lowest BCUT2D eigenvalue weighted by molar-refractivity contribution is 0.112. The van der Waals surface area contributed by atoms with Crippen LogP contribution in [-0.2, 0) is 0 Å². The Morgan fingerprint density at radius 3 is 2.39 bits per heavy atom. The summed E-state index contributed by atoms with van der Waals surface area (Å²) in [4.78, 5) is 10.9. The second kappa shape index (κ2) is 4.65. The molecule has 0 aliphatic heterocycles. The third-order valence-electron chi connectivity index (χ3n) is 2.83. The average Bonchev–Trinajstić information content (AvgIpc) is 2.59. The Morgan fingerprint density at radius 1 is 1.17 bits per heavy atom. The number of aromatic nitrogens is 1. The molecule has 0 fully saturated rings. The summed E-state index contributed by atoms with van der Waals surface area (Å²) in [5, 5.41) is 0. The molecule has 0 aliphatic carbocycles. The van der Waals surface area contributed by atoms with Gasteiger partial charge in [-0.15, -0.1) is 0 Å².